The zero-order chi connectivity index (χ0) is 14.5. The third-order valence-corrected chi connectivity index (χ3v) is 3.52. The first kappa shape index (κ1) is 14.9. The van der Waals surface area contributed by atoms with Crippen LogP contribution in [0.4, 0.5) is 0 Å². The lowest BCUT2D eigenvalue weighted by molar-refractivity contribution is 0.211. The Hall–Kier alpha value is -1.51. The van der Waals surface area contributed by atoms with Crippen LogP contribution < -0.4 is 10.5 Å². The van der Waals surface area contributed by atoms with Gasteiger partial charge in [0.05, 0.1) is 0 Å². The predicted molar refractivity (Wildman–Crippen MR) is 84.4 cm³/mol. The zero-order valence-electron chi connectivity index (χ0n) is 11.8. The second kappa shape index (κ2) is 6.78. The Kier molecular flexibility index (Phi) is 5.05. The third kappa shape index (κ3) is 3.53. The van der Waals surface area contributed by atoms with Crippen molar-refractivity contribution >= 4 is 11.6 Å². The van der Waals surface area contributed by atoms with Crippen LogP contribution >= 0.6 is 11.6 Å². The van der Waals surface area contributed by atoms with E-state index in [-0.39, 0.29) is 6.10 Å². The number of halogens is 1. The van der Waals surface area contributed by atoms with E-state index in [1.54, 1.807) is 0 Å². The van der Waals surface area contributed by atoms with E-state index in [2.05, 4.69) is 19.9 Å². The van der Waals surface area contributed by atoms with Gasteiger partial charge in [-0.2, -0.15) is 0 Å². The summed E-state index contributed by atoms with van der Waals surface area (Å²) in [5, 5.41) is 0.715. The fourth-order valence-electron chi connectivity index (χ4n) is 2.15. The van der Waals surface area contributed by atoms with Gasteiger partial charge in [0.1, 0.15) is 11.9 Å². The standard InChI is InChI=1S/C17H20ClNO/c1-12(2)15-5-3-4-6-16(15)20-17(11-19)13-7-9-14(18)10-8-13/h3-10,12,17H,11,19H2,1-2H3. The number of benzene rings is 2. The van der Waals surface area contributed by atoms with Gasteiger partial charge in [0, 0.05) is 11.6 Å². The Bertz CT molecular complexity index is 551. The van der Waals surface area contributed by atoms with E-state index < -0.39 is 0 Å². The molecule has 0 saturated heterocycles. The fraction of sp³-hybridized carbons (Fsp3) is 0.294. The van der Waals surface area contributed by atoms with Crippen LogP contribution in [-0.4, -0.2) is 6.54 Å². The SMILES string of the molecule is CC(C)c1ccccc1OC(CN)c1ccc(Cl)cc1. The molecule has 0 aliphatic rings. The van der Waals surface area contributed by atoms with Crippen LogP contribution in [0.5, 0.6) is 5.75 Å². The van der Waals surface area contributed by atoms with E-state index in [4.69, 9.17) is 22.1 Å². The first-order valence-electron chi connectivity index (χ1n) is 6.83. The summed E-state index contributed by atoms with van der Waals surface area (Å²) < 4.78 is 6.11. The second-order valence-electron chi connectivity index (χ2n) is 5.09. The molecule has 1 atom stereocenters. The molecule has 0 fully saturated rings. The summed E-state index contributed by atoms with van der Waals surface area (Å²) in [6.07, 6.45) is -0.160. The molecule has 2 nitrogen and oxygen atoms in total. The summed E-state index contributed by atoms with van der Waals surface area (Å²) in [4.78, 5) is 0. The van der Waals surface area contributed by atoms with Crippen molar-refractivity contribution in [1.29, 1.82) is 0 Å². The molecule has 0 spiro atoms. The van der Waals surface area contributed by atoms with Gasteiger partial charge in [0.25, 0.3) is 0 Å². The Morgan fingerprint density at radius 2 is 1.70 bits per heavy atom. The Balaban J connectivity index is 2.24. The van der Waals surface area contributed by atoms with Crippen LogP contribution in [0.3, 0.4) is 0 Å². The summed E-state index contributed by atoms with van der Waals surface area (Å²) in [5.74, 6) is 1.31. The van der Waals surface area contributed by atoms with E-state index in [0.29, 0.717) is 17.5 Å². The van der Waals surface area contributed by atoms with Crippen molar-refractivity contribution in [3.8, 4) is 5.75 Å². The van der Waals surface area contributed by atoms with E-state index >= 15 is 0 Å². The molecule has 0 amide bonds. The van der Waals surface area contributed by atoms with Gasteiger partial charge in [-0.05, 0) is 35.2 Å². The van der Waals surface area contributed by atoms with Crippen LogP contribution in [0.25, 0.3) is 0 Å². The molecule has 0 heterocycles. The molecule has 106 valence electrons. The van der Waals surface area contributed by atoms with Crippen molar-refractivity contribution < 1.29 is 4.74 Å². The number of nitrogens with two attached hydrogens (primary N) is 1. The van der Waals surface area contributed by atoms with Crippen LogP contribution in [0, 0.1) is 0 Å². The van der Waals surface area contributed by atoms with E-state index in [1.165, 1.54) is 5.56 Å². The monoisotopic (exact) mass is 289 g/mol. The quantitative estimate of drug-likeness (QED) is 0.877. The molecule has 2 aromatic carbocycles. The maximum Gasteiger partial charge on any atom is 0.136 e. The minimum atomic E-state index is -0.160. The molecule has 0 radical (unpaired) electrons. The highest BCUT2D eigenvalue weighted by atomic mass is 35.5. The van der Waals surface area contributed by atoms with Gasteiger partial charge >= 0.3 is 0 Å². The summed E-state index contributed by atoms with van der Waals surface area (Å²) in [6.45, 7) is 4.73. The summed E-state index contributed by atoms with van der Waals surface area (Å²) in [6, 6.07) is 15.7. The summed E-state index contributed by atoms with van der Waals surface area (Å²) >= 11 is 5.91. The number of para-hydroxylation sites is 1. The lowest BCUT2D eigenvalue weighted by Gasteiger charge is -2.21. The smallest absolute Gasteiger partial charge is 0.136 e. The van der Waals surface area contributed by atoms with Crippen molar-refractivity contribution in [3.63, 3.8) is 0 Å². The van der Waals surface area contributed by atoms with Crippen molar-refractivity contribution in [2.45, 2.75) is 25.9 Å². The maximum absolute atomic E-state index is 6.11. The first-order valence-corrected chi connectivity index (χ1v) is 7.20. The van der Waals surface area contributed by atoms with Crippen LogP contribution in [0.15, 0.2) is 48.5 Å². The molecule has 0 aliphatic heterocycles. The number of hydrogen-bond donors (Lipinski definition) is 1. The van der Waals surface area contributed by atoms with E-state index in [1.807, 2.05) is 42.5 Å². The van der Waals surface area contributed by atoms with Gasteiger partial charge < -0.3 is 10.5 Å². The predicted octanol–water partition coefficient (Wildman–Crippen LogP) is 4.54. The fourth-order valence-corrected chi connectivity index (χ4v) is 2.27. The normalized spacial score (nSPS) is 12.4. The molecular formula is C17H20ClNO. The minimum Gasteiger partial charge on any atom is -0.484 e. The van der Waals surface area contributed by atoms with E-state index in [9.17, 15) is 0 Å². The topological polar surface area (TPSA) is 35.2 Å². The van der Waals surface area contributed by atoms with Crippen molar-refractivity contribution in [3.05, 3.63) is 64.7 Å². The molecule has 3 heteroatoms. The number of rotatable bonds is 5. The van der Waals surface area contributed by atoms with Crippen LogP contribution in [0.2, 0.25) is 5.02 Å². The largest absolute Gasteiger partial charge is 0.484 e. The van der Waals surface area contributed by atoms with E-state index in [0.717, 1.165) is 11.3 Å². The number of hydrogen-bond acceptors (Lipinski definition) is 2. The number of ether oxygens (including phenoxy) is 1. The average Bonchev–Trinajstić information content (AvgIpc) is 2.46. The Labute approximate surface area is 125 Å². The molecule has 20 heavy (non-hydrogen) atoms. The van der Waals surface area contributed by atoms with Crippen LogP contribution in [0.1, 0.15) is 37.0 Å². The minimum absolute atomic E-state index is 0.160. The third-order valence-electron chi connectivity index (χ3n) is 3.27. The first-order chi connectivity index (χ1) is 9.61. The highest BCUT2D eigenvalue weighted by Crippen LogP contribution is 2.30. The van der Waals surface area contributed by atoms with Crippen molar-refractivity contribution in [2.24, 2.45) is 5.73 Å². The lowest BCUT2D eigenvalue weighted by Crippen LogP contribution is -2.19. The van der Waals surface area contributed by atoms with Crippen LogP contribution in [-0.2, 0) is 0 Å². The highest BCUT2D eigenvalue weighted by molar-refractivity contribution is 6.30. The van der Waals surface area contributed by atoms with Crippen molar-refractivity contribution in [2.75, 3.05) is 6.54 Å². The molecule has 2 rings (SSSR count). The molecule has 2 N–H and O–H groups in total. The summed E-state index contributed by atoms with van der Waals surface area (Å²) in [5.41, 5.74) is 8.09. The molecular weight excluding hydrogens is 270 g/mol. The highest BCUT2D eigenvalue weighted by Gasteiger charge is 2.14. The zero-order valence-corrected chi connectivity index (χ0v) is 12.6. The molecule has 0 saturated carbocycles. The average molecular weight is 290 g/mol. The molecule has 0 aromatic heterocycles. The summed E-state index contributed by atoms with van der Waals surface area (Å²) in [7, 11) is 0. The molecule has 2 aromatic rings. The molecule has 0 bridgehead atoms. The van der Waals surface area contributed by atoms with Gasteiger partial charge in [-0.3, -0.25) is 0 Å². The Morgan fingerprint density at radius 1 is 1.05 bits per heavy atom. The van der Waals surface area contributed by atoms with Gasteiger partial charge in [-0.1, -0.05) is 55.8 Å². The Morgan fingerprint density at radius 3 is 2.30 bits per heavy atom. The second-order valence-corrected chi connectivity index (χ2v) is 5.52. The van der Waals surface area contributed by atoms with Gasteiger partial charge in [0.15, 0.2) is 0 Å². The molecule has 0 aliphatic carbocycles. The van der Waals surface area contributed by atoms with Crippen molar-refractivity contribution in [1.82, 2.24) is 0 Å². The van der Waals surface area contributed by atoms with Gasteiger partial charge in [-0.25, -0.2) is 0 Å². The molecule has 1 unspecified atom stereocenters. The lowest BCUT2D eigenvalue weighted by atomic mass is 10.0. The maximum atomic E-state index is 6.11. The van der Waals surface area contributed by atoms with Gasteiger partial charge in [-0.15, -0.1) is 0 Å². The van der Waals surface area contributed by atoms with Gasteiger partial charge in [0.2, 0.25) is 0 Å².